The molecule has 3 aromatic carbocycles. The molecular weight excluding hydrogens is 452 g/mol. The minimum absolute atomic E-state index is 0.0918. The number of aliphatic carboxylic acids is 1. The van der Waals surface area contributed by atoms with Crippen LogP contribution in [0.1, 0.15) is 37.7 Å². The maximum absolute atomic E-state index is 13.2. The summed E-state index contributed by atoms with van der Waals surface area (Å²) in [4.78, 5) is 26.4. The SMILES string of the molecule is O=C(O)CCCCC=C(COc1cccc2ccccc12)C(=O)NC1CCN(Cc2ccccc2)C1. The number of carboxylic acids is 1. The van der Waals surface area contributed by atoms with Crippen LogP contribution in [0.5, 0.6) is 5.75 Å². The van der Waals surface area contributed by atoms with Crippen molar-refractivity contribution in [3.8, 4) is 5.75 Å². The molecule has 188 valence electrons. The molecule has 1 aliphatic rings. The standard InChI is InChI=1S/C30H34N2O4/c33-29(34)17-6-2-5-13-25(22-36-28-16-9-14-24-12-7-8-15-27(24)28)30(35)31-26-18-19-32(21-26)20-23-10-3-1-4-11-23/h1,3-4,7-16,26H,2,5-6,17-22H2,(H,31,35)(H,33,34). The number of rotatable bonds is 12. The highest BCUT2D eigenvalue weighted by Crippen LogP contribution is 2.25. The minimum atomic E-state index is -0.794. The molecule has 1 unspecified atom stereocenters. The normalized spacial score (nSPS) is 16.2. The number of carbonyl (C=O) groups excluding carboxylic acids is 1. The Labute approximate surface area is 212 Å². The van der Waals surface area contributed by atoms with Crippen LogP contribution in [-0.2, 0) is 16.1 Å². The first kappa shape index (κ1) is 25.5. The van der Waals surface area contributed by atoms with Crippen molar-refractivity contribution in [3.05, 3.63) is 90.0 Å². The molecule has 1 saturated heterocycles. The molecule has 0 aromatic heterocycles. The molecule has 1 atom stereocenters. The molecule has 6 nitrogen and oxygen atoms in total. The number of ether oxygens (including phenoxy) is 1. The van der Waals surface area contributed by atoms with Crippen molar-refractivity contribution >= 4 is 22.6 Å². The van der Waals surface area contributed by atoms with Crippen LogP contribution in [0, 0.1) is 0 Å². The van der Waals surface area contributed by atoms with Gasteiger partial charge in [0.25, 0.3) is 5.91 Å². The molecule has 1 aliphatic heterocycles. The second kappa shape index (κ2) is 12.9. The average Bonchev–Trinajstić information content (AvgIpc) is 3.32. The number of benzene rings is 3. The number of hydrogen-bond donors (Lipinski definition) is 2. The number of allylic oxidation sites excluding steroid dienone is 1. The molecule has 4 rings (SSSR count). The fraction of sp³-hybridized carbons (Fsp3) is 0.333. The lowest BCUT2D eigenvalue weighted by molar-refractivity contribution is -0.137. The van der Waals surface area contributed by atoms with Gasteiger partial charge in [-0.2, -0.15) is 0 Å². The molecule has 0 saturated carbocycles. The van der Waals surface area contributed by atoms with Crippen molar-refractivity contribution in [2.75, 3.05) is 19.7 Å². The highest BCUT2D eigenvalue weighted by Gasteiger charge is 2.25. The topological polar surface area (TPSA) is 78.9 Å². The third-order valence-corrected chi connectivity index (χ3v) is 6.52. The number of amides is 1. The van der Waals surface area contributed by atoms with E-state index >= 15 is 0 Å². The van der Waals surface area contributed by atoms with E-state index in [-0.39, 0.29) is 25.0 Å². The van der Waals surface area contributed by atoms with E-state index in [2.05, 4.69) is 22.3 Å². The highest BCUT2D eigenvalue weighted by molar-refractivity contribution is 5.94. The van der Waals surface area contributed by atoms with Crippen molar-refractivity contribution in [3.63, 3.8) is 0 Å². The third-order valence-electron chi connectivity index (χ3n) is 6.52. The number of likely N-dealkylation sites (tertiary alicyclic amines) is 1. The summed E-state index contributed by atoms with van der Waals surface area (Å²) < 4.78 is 6.13. The summed E-state index contributed by atoms with van der Waals surface area (Å²) in [5.74, 6) is -0.162. The van der Waals surface area contributed by atoms with Gasteiger partial charge in [-0.1, -0.05) is 72.8 Å². The van der Waals surface area contributed by atoms with Gasteiger partial charge in [-0.05, 0) is 42.7 Å². The van der Waals surface area contributed by atoms with Gasteiger partial charge in [0.05, 0.1) is 5.57 Å². The van der Waals surface area contributed by atoms with Crippen LogP contribution in [0.4, 0.5) is 0 Å². The van der Waals surface area contributed by atoms with Gasteiger partial charge in [-0.25, -0.2) is 0 Å². The van der Waals surface area contributed by atoms with E-state index in [9.17, 15) is 9.59 Å². The van der Waals surface area contributed by atoms with Crippen molar-refractivity contribution in [1.82, 2.24) is 10.2 Å². The lowest BCUT2D eigenvalue weighted by atomic mass is 10.1. The fourth-order valence-electron chi connectivity index (χ4n) is 4.60. The van der Waals surface area contributed by atoms with Gasteiger partial charge in [0.1, 0.15) is 12.4 Å². The monoisotopic (exact) mass is 486 g/mol. The fourth-order valence-corrected chi connectivity index (χ4v) is 4.60. The van der Waals surface area contributed by atoms with Gasteiger partial charge in [-0.15, -0.1) is 0 Å². The summed E-state index contributed by atoms with van der Waals surface area (Å²) in [5.41, 5.74) is 1.86. The smallest absolute Gasteiger partial charge is 0.303 e. The summed E-state index contributed by atoms with van der Waals surface area (Å²) in [6.07, 6.45) is 4.89. The Kier molecular flexibility index (Phi) is 9.11. The molecule has 0 aliphatic carbocycles. The molecule has 2 N–H and O–H groups in total. The Hall–Kier alpha value is -3.64. The Bertz CT molecular complexity index is 1190. The number of nitrogens with zero attached hydrogens (tertiary/aromatic N) is 1. The van der Waals surface area contributed by atoms with Gasteiger partial charge < -0.3 is 15.2 Å². The first-order chi connectivity index (χ1) is 17.6. The lowest BCUT2D eigenvalue weighted by Crippen LogP contribution is -2.38. The average molecular weight is 487 g/mol. The number of nitrogens with one attached hydrogen (secondary N) is 1. The molecule has 0 bridgehead atoms. The van der Waals surface area contributed by atoms with E-state index < -0.39 is 5.97 Å². The third kappa shape index (κ3) is 7.43. The van der Waals surface area contributed by atoms with Crippen molar-refractivity contribution in [2.24, 2.45) is 0 Å². The lowest BCUT2D eigenvalue weighted by Gasteiger charge is -2.18. The first-order valence-corrected chi connectivity index (χ1v) is 12.7. The second-order valence-electron chi connectivity index (χ2n) is 9.31. The molecule has 0 spiro atoms. The number of fused-ring (bicyclic) bond motifs is 1. The van der Waals surface area contributed by atoms with Gasteiger partial charge in [0.15, 0.2) is 0 Å². The Balaban J connectivity index is 1.37. The zero-order valence-corrected chi connectivity index (χ0v) is 20.6. The molecule has 3 aromatic rings. The van der Waals surface area contributed by atoms with E-state index in [1.54, 1.807) is 0 Å². The second-order valence-corrected chi connectivity index (χ2v) is 9.31. The molecule has 1 fully saturated rings. The number of carbonyl (C=O) groups is 2. The zero-order chi connectivity index (χ0) is 25.2. The van der Waals surface area contributed by atoms with E-state index in [0.717, 1.165) is 42.6 Å². The largest absolute Gasteiger partial charge is 0.488 e. The number of carboxylic acid groups (broad SMARTS) is 1. The van der Waals surface area contributed by atoms with Crippen LogP contribution in [0.3, 0.4) is 0 Å². The Morgan fingerprint density at radius 3 is 2.61 bits per heavy atom. The molecular formula is C30H34N2O4. The molecule has 0 radical (unpaired) electrons. The Morgan fingerprint density at radius 1 is 1.00 bits per heavy atom. The van der Waals surface area contributed by atoms with Crippen LogP contribution < -0.4 is 10.1 Å². The predicted molar refractivity (Wildman–Crippen MR) is 142 cm³/mol. The van der Waals surface area contributed by atoms with Crippen LogP contribution in [0.25, 0.3) is 10.8 Å². The predicted octanol–water partition coefficient (Wildman–Crippen LogP) is 5.18. The Morgan fingerprint density at radius 2 is 1.78 bits per heavy atom. The van der Waals surface area contributed by atoms with E-state index in [4.69, 9.17) is 9.84 Å². The van der Waals surface area contributed by atoms with Crippen molar-refractivity contribution in [2.45, 2.75) is 44.7 Å². The van der Waals surface area contributed by atoms with E-state index in [0.29, 0.717) is 24.8 Å². The maximum Gasteiger partial charge on any atom is 0.303 e. The summed E-state index contributed by atoms with van der Waals surface area (Å²) in [6.45, 7) is 2.81. The minimum Gasteiger partial charge on any atom is -0.488 e. The first-order valence-electron chi connectivity index (χ1n) is 12.7. The molecule has 6 heteroatoms. The zero-order valence-electron chi connectivity index (χ0n) is 20.6. The van der Waals surface area contributed by atoms with E-state index in [1.807, 2.05) is 66.7 Å². The van der Waals surface area contributed by atoms with Crippen LogP contribution in [0.2, 0.25) is 0 Å². The number of hydrogen-bond acceptors (Lipinski definition) is 4. The van der Waals surface area contributed by atoms with Gasteiger partial charge >= 0.3 is 5.97 Å². The van der Waals surface area contributed by atoms with Crippen LogP contribution >= 0.6 is 0 Å². The van der Waals surface area contributed by atoms with Gasteiger partial charge in [-0.3, -0.25) is 14.5 Å². The van der Waals surface area contributed by atoms with Crippen LogP contribution in [-0.4, -0.2) is 47.6 Å². The summed E-state index contributed by atoms with van der Waals surface area (Å²) in [6, 6.07) is 24.4. The van der Waals surface area contributed by atoms with Crippen molar-refractivity contribution in [1.29, 1.82) is 0 Å². The molecule has 1 amide bonds. The van der Waals surface area contributed by atoms with Crippen LogP contribution in [0.15, 0.2) is 84.4 Å². The van der Waals surface area contributed by atoms with E-state index in [1.165, 1.54) is 5.56 Å². The highest BCUT2D eigenvalue weighted by atomic mass is 16.5. The number of unbranched alkanes of at least 4 members (excludes halogenated alkanes) is 2. The van der Waals surface area contributed by atoms with Crippen molar-refractivity contribution < 1.29 is 19.4 Å². The summed E-state index contributed by atoms with van der Waals surface area (Å²) in [7, 11) is 0. The summed E-state index contributed by atoms with van der Waals surface area (Å²) in [5, 5.41) is 14.2. The van der Waals surface area contributed by atoms with Gasteiger partial charge in [0, 0.05) is 37.5 Å². The summed E-state index contributed by atoms with van der Waals surface area (Å²) >= 11 is 0. The molecule has 36 heavy (non-hydrogen) atoms. The maximum atomic E-state index is 13.2. The quantitative estimate of drug-likeness (QED) is 0.272. The molecule has 1 heterocycles. The van der Waals surface area contributed by atoms with Gasteiger partial charge in [0.2, 0.25) is 0 Å².